The number of rotatable bonds is 7. The number of aliphatic hydroxyl groups is 1. The van der Waals surface area contributed by atoms with Crippen LogP contribution in [0.5, 0.6) is 0 Å². The minimum atomic E-state index is 0.259. The fraction of sp³-hybridized carbons (Fsp3) is 1.00. The zero-order valence-electron chi connectivity index (χ0n) is 9.51. The fourth-order valence-electron chi connectivity index (χ4n) is 1.62. The van der Waals surface area contributed by atoms with Crippen molar-refractivity contribution in [1.82, 2.24) is 5.32 Å². The Labute approximate surface area is 82.7 Å². The lowest BCUT2D eigenvalue weighted by Crippen LogP contribution is -2.40. The van der Waals surface area contributed by atoms with Gasteiger partial charge < -0.3 is 10.4 Å². The standard InChI is InChI=1S/C11H25NO/c1-5-10(6-2)12-11(8-13)7-9(3)4/h9-13H,5-8H2,1-4H3/t11-/m0/s1. The summed E-state index contributed by atoms with van der Waals surface area (Å²) in [6.45, 7) is 9.01. The van der Waals surface area contributed by atoms with Gasteiger partial charge in [-0.15, -0.1) is 0 Å². The van der Waals surface area contributed by atoms with Gasteiger partial charge in [-0.1, -0.05) is 27.7 Å². The third-order valence-electron chi connectivity index (χ3n) is 2.43. The summed E-state index contributed by atoms with van der Waals surface area (Å²) >= 11 is 0. The van der Waals surface area contributed by atoms with Crippen molar-refractivity contribution in [3.8, 4) is 0 Å². The molecule has 0 aliphatic heterocycles. The van der Waals surface area contributed by atoms with Gasteiger partial charge in [0.05, 0.1) is 6.61 Å². The van der Waals surface area contributed by atoms with Crippen molar-refractivity contribution in [2.75, 3.05) is 6.61 Å². The summed E-state index contributed by atoms with van der Waals surface area (Å²) in [5.41, 5.74) is 0. The maximum absolute atomic E-state index is 9.15. The molecule has 0 radical (unpaired) electrons. The van der Waals surface area contributed by atoms with Crippen molar-refractivity contribution in [3.63, 3.8) is 0 Å². The Balaban J connectivity index is 3.80. The molecule has 80 valence electrons. The van der Waals surface area contributed by atoms with E-state index in [1.807, 2.05) is 0 Å². The van der Waals surface area contributed by atoms with Crippen LogP contribution < -0.4 is 5.32 Å². The van der Waals surface area contributed by atoms with Crippen LogP contribution in [-0.4, -0.2) is 23.8 Å². The van der Waals surface area contributed by atoms with Crippen LogP contribution in [0, 0.1) is 5.92 Å². The molecule has 2 heteroatoms. The van der Waals surface area contributed by atoms with Crippen LogP contribution in [0.15, 0.2) is 0 Å². The van der Waals surface area contributed by atoms with E-state index in [4.69, 9.17) is 5.11 Å². The SMILES string of the molecule is CCC(CC)N[C@H](CO)CC(C)C. The van der Waals surface area contributed by atoms with Crippen LogP contribution in [0.1, 0.15) is 47.0 Å². The van der Waals surface area contributed by atoms with E-state index in [-0.39, 0.29) is 12.6 Å². The second-order valence-electron chi connectivity index (χ2n) is 4.19. The molecule has 0 unspecified atom stereocenters. The lowest BCUT2D eigenvalue weighted by molar-refractivity contribution is 0.210. The number of hydrogen-bond donors (Lipinski definition) is 2. The predicted octanol–water partition coefficient (Wildman–Crippen LogP) is 2.17. The minimum absolute atomic E-state index is 0.259. The fourth-order valence-corrected chi connectivity index (χ4v) is 1.62. The Hall–Kier alpha value is -0.0800. The highest BCUT2D eigenvalue weighted by molar-refractivity contribution is 4.72. The Morgan fingerprint density at radius 3 is 1.92 bits per heavy atom. The molecule has 0 bridgehead atoms. The summed E-state index contributed by atoms with van der Waals surface area (Å²) < 4.78 is 0. The highest BCUT2D eigenvalue weighted by atomic mass is 16.3. The van der Waals surface area contributed by atoms with Crippen molar-refractivity contribution in [3.05, 3.63) is 0 Å². The van der Waals surface area contributed by atoms with Gasteiger partial charge in [0.15, 0.2) is 0 Å². The zero-order chi connectivity index (χ0) is 10.3. The van der Waals surface area contributed by atoms with Crippen LogP contribution in [-0.2, 0) is 0 Å². The van der Waals surface area contributed by atoms with E-state index >= 15 is 0 Å². The first-order chi connectivity index (χ1) is 6.13. The lowest BCUT2D eigenvalue weighted by Gasteiger charge is -2.24. The van der Waals surface area contributed by atoms with Crippen molar-refractivity contribution in [1.29, 1.82) is 0 Å². The van der Waals surface area contributed by atoms with Crippen LogP contribution in [0.3, 0.4) is 0 Å². The smallest absolute Gasteiger partial charge is 0.0584 e. The third kappa shape index (κ3) is 6.05. The summed E-state index contributed by atoms with van der Waals surface area (Å²) in [5.74, 6) is 0.652. The van der Waals surface area contributed by atoms with E-state index in [1.165, 1.54) is 0 Å². The van der Waals surface area contributed by atoms with Gasteiger partial charge in [0, 0.05) is 12.1 Å². The average Bonchev–Trinajstić information content (AvgIpc) is 2.11. The van der Waals surface area contributed by atoms with Crippen molar-refractivity contribution in [2.45, 2.75) is 59.0 Å². The molecule has 2 nitrogen and oxygen atoms in total. The third-order valence-corrected chi connectivity index (χ3v) is 2.43. The summed E-state index contributed by atoms with van der Waals surface area (Å²) in [4.78, 5) is 0. The van der Waals surface area contributed by atoms with E-state index in [9.17, 15) is 0 Å². The molecule has 13 heavy (non-hydrogen) atoms. The van der Waals surface area contributed by atoms with Crippen LogP contribution in [0.2, 0.25) is 0 Å². The molecular weight excluding hydrogens is 162 g/mol. The number of nitrogens with one attached hydrogen (secondary N) is 1. The molecule has 0 aromatic heterocycles. The lowest BCUT2D eigenvalue weighted by atomic mass is 10.0. The molecule has 0 saturated carbocycles. The largest absolute Gasteiger partial charge is 0.395 e. The van der Waals surface area contributed by atoms with Crippen LogP contribution in [0.4, 0.5) is 0 Å². The molecular formula is C11H25NO. The van der Waals surface area contributed by atoms with Gasteiger partial charge >= 0.3 is 0 Å². The molecule has 0 fully saturated rings. The first kappa shape index (κ1) is 12.9. The van der Waals surface area contributed by atoms with E-state index in [1.54, 1.807) is 0 Å². The van der Waals surface area contributed by atoms with E-state index < -0.39 is 0 Å². The van der Waals surface area contributed by atoms with Gasteiger partial charge in [0.1, 0.15) is 0 Å². The topological polar surface area (TPSA) is 32.3 Å². The first-order valence-corrected chi connectivity index (χ1v) is 5.50. The highest BCUT2D eigenvalue weighted by Crippen LogP contribution is 2.07. The van der Waals surface area contributed by atoms with E-state index in [2.05, 4.69) is 33.0 Å². The van der Waals surface area contributed by atoms with Gasteiger partial charge in [-0.05, 0) is 25.2 Å². The molecule has 0 saturated heterocycles. The van der Waals surface area contributed by atoms with Gasteiger partial charge in [-0.3, -0.25) is 0 Å². The van der Waals surface area contributed by atoms with Gasteiger partial charge in [-0.2, -0.15) is 0 Å². The number of aliphatic hydroxyl groups excluding tert-OH is 1. The summed E-state index contributed by atoms with van der Waals surface area (Å²) in [6, 6.07) is 0.848. The first-order valence-electron chi connectivity index (χ1n) is 5.50. The van der Waals surface area contributed by atoms with Gasteiger partial charge in [0.25, 0.3) is 0 Å². The molecule has 0 amide bonds. The Kier molecular flexibility index (Phi) is 7.29. The van der Waals surface area contributed by atoms with Crippen molar-refractivity contribution < 1.29 is 5.11 Å². The van der Waals surface area contributed by atoms with E-state index in [0.29, 0.717) is 12.0 Å². The highest BCUT2D eigenvalue weighted by Gasteiger charge is 2.12. The molecule has 0 heterocycles. The minimum Gasteiger partial charge on any atom is -0.395 e. The van der Waals surface area contributed by atoms with Gasteiger partial charge in [-0.25, -0.2) is 0 Å². The van der Waals surface area contributed by atoms with Gasteiger partial charge in [0.2, 0.25) is 0 Å². The molecule has 0 rings (SSSR count). The maximum Gasteiger partial charge on any atom is 0.0584 e. The van der Waals surface area contributed by atoms with E-state index in [0.717, 1.165) is 19.3 Å². The van der Waals surface area contributed by atoms with Crippen LogP contribution in [0.25, 0.3) is 0 Å². The van der Waals surface area contributed by atoms with Crippen LogP contribution >= 0.6 is 0 Å². The zero-order valence-corrected chi connectivity index (χ0v) is 9.51. The molecule has 1 atom stereocenters. The normalized spacial score (nSPS) is 14.1. The summed E-state index contributed by atoms with van der Waals surface area (Å²) in [5, 5.41) is 12.6. The second kappa shape index (κ2) is 7.34. The molecule has 2 N–H and O–H groups in total. The summed E-state index contributed by atoms with van der Waals surface area (Å²) in [6.07, 6.45) is 3.35. The molecule has 0 spiro atoms. The monoisotopic (exact) mass is 187 g/mol. The van der Waals surface area contributed by atoms with Crippen molar-refractivity contribution in [2.24, 2.45) is 5.92 Å². The maximum atomic E-state index is 9.15. The molecule has 0 aromatic carbocycles. The quantitative estimate of drug-likeness (QED) is 0.640. The average molecular weight is 187 g/mol. The molecule has 0 aliphatic carbocycles. The Bertz CT molecular complexity index is 111. The number of hydrogen-bond acceptors (Lipinski definition) is 2. The Morgan fingerprint density at radius 2 is 1.62 bits per heavy atom. The second-order valence-corrected chi connectivity index (χ2v) is 4.19. The predicted molar refractivity (Wildman–Crippen MR) is 57.8 cm³/mol. The molecule has 0 aromatic rings. The van der Waals surface area contributed by atoms with Crippen molar-refractivity contribution >= 4 is 0 Å². The summed E-state index contributed by atoms with van der Waals surface area (Å²) in [7, 11) is 0. The Morgan fingerprint density at radius 1 is 1.08 bits per heavy atom. The molecule has 0 aliphatic rings.